The number of benzene rings is 2. The summed E-state index contributed by atoms with van der Waals surface area (Å²) in [5.41, 5.74) is 0.726. The third-order valence-corrected chi connectivity index (χ3v) is 5.26. The maximum atomic E-state index is 12.7. The zero-order valence-corrected chi connectivity index (χ0v) is 18.6. The van der Waals surface area contributed by atoms with Crippen molar-refractivity contribution in [2.24, 2.45) is 0 Å². The summed E-state index contributed by atoms with van der Waals surface area (Å²) in [6.45, 7) is 2.12. The van der Waals surface area contributed by atoms with Crippen molar-refractivity contribution in [2.75, 3.05) is 33.5 Å². The molecule has 0 bridgehead atoms. The van der Waals surface area contributed by atoms with Crippen LogP contribution in [0.5, 0.6) is 17.2 Å². The largest absolute Gasteiger partial charge is 0.493 e. The number of carbonyl (C=O) groups excluding carboxylic acids is 3. The Hall–Kier alpha value is -3.46. The molecule has 1 fully saturated rings. The SMILES string of the molecule is CCOC(=O)COc1ccc(/C=C2\SC(=O)N(CCOc3ccccc3OC)C2=O)cc1. The summed E-state index contributed by atoms with van der Waals surface area (Å²) in [7, 11) is 1.54. The van der Waals surface area contributed by atoms with Crippen molar-refractivity contribution in [2.45, 2.75) is 6.92 Å². The monoisotopic (exact) mass is 457 g/mol. The van der Waals surface area contributed by atoms with Crippen molar-refractivity contribution in [3.63, 3.8) is 0 Å². The van der Waals surface area contributed by atoms with Crippen LogP contribution < -0.4 is 14.2 Å². The summed E-state index contributed by atoms with van der Waals surface area (Å²) in [5, 5.41) is -0.348. The van der Waals surface area contributed by atoms with Crippen molar-refractivity contribution < 1.29 is 33.3 Å². The molecule has 2 aromatic rings. The lowest BCUT2D eigenvalue weighted by molar-refractivity contribution is -0.145. The van der Waals surface area contributed by atoms with Gasteiger partial charge in [0.15, 0.2) is 18.1 Å². The van der Waals surface area contributed by atoms with Gasteiger partial charge in [-0.3, -0.25) is 14.5 Å². The molecule has 1 saturated heterocycles. The second-order valence-electron chi connectivity index (χ2n) is 6.50. The predicted molar refractivity (Wildman–Crippen MR) is 120 cm³/mol. The fraction of sp³-hybridized carbons (Fsp3) is 0.261. The number of thioether (sulfide) groups is 1. The topological polar surface area (TPSA) is 91.4 Å². The highest BCUT2D eigenvalue weighted by Crippen LogP contribution is 2.32. The molecule has 1 heterocycles. The lowest BCUT2D eigenvalue weighted by Crippen LogP contribution is -2.32. The molecule has 0 aliphatic carbocycles. The van der Waals surface area contributed by atoms with Crippen molar-refractivity contribution in [1.29, 1.82) is 0 Å². The van der Waals surface area contributed by atoms with E-state index >= 15 is 0 Å². The minimum atomic E-state index is -0.445. The van der Waals surface area contributed by atoms with Crippen LogP contribution in [-0.4, -0.2) is 55.5 Å². The maximum Gasteiger partial charge on any atom is 0.344 e. The molecule has 0 N–H and O–H groups in total. The molecule has 2 aromatic carbocycles. The van der Waals surface area contributed by atoms with E-state index in [2.05, 4.69) is 0 Å². The molecule has 3 rings (SSSR count). The number of ether oxygens (including phenoxy) is 4. The Labute approximate surface area is 190 Å². The van der Waals surface area contributed by atoms with E-state index < -0.39 is 5.97 Å². The molecule has 1 aliphatic rings. The summed E-state index contributed by atoms with van der Waals surface area (Å²) in [6, 6.07) is 14.0. The zero-order chi connectivity index (χ0) is 22.9. The van der Waals surface area contributed by atoms with Gasteiger partial charge in [-0.15, -0.1) is 0 Å². The van der Waals surface area contributed by atoms with Gasteiger partial charge in [-0.05, 0) is 54.6 Å². The van der Waals surface area contributed by atoms with E-state index in [0.717, 1.165) is 22.2 Å². The van der Waals surface area contributed by atoms with Crippen LogP contribution in [0.1, 0.15) is 12.5 Å². The number of esters is 1. The number of amides is 2. The smallest absolute Gasteiger partial charge is 0.344 e. The summed E-state index contributed by atoms with van der Waals surface area (Å²) < 4.78 is 21.0. The molecular weight excluding hydrogens is 434 g/mol. The predicted octanol–water partition coefficient (Wildman–Crippen LogP) is 3.75. The van der Waals surface area contributed by atoms with E-state index in [9.17, 15) is 14.4 Å². The summed E-state index contributed by atoms with van der Waals surface area (Å²) >= 11 is 0.880. The second kappa shape index (κ2) is 11.2. The van der Waals surface area contributed by atoms with Gasteiger partial charge >= 0.3 is 5.97 Å². The van der Waals surface area contributed by atoms with Crippen LogP contribution >= 0.6 is 11.8 Å². The summed E-state index contributed by atoms with van der Waals surface area (Å²) in [5.74, 6) is 0.807. The second-order valence-corrected chi connectivity index (χ2v) is 7.49. The third kappa shape index (κ3) is 6.04. The van der Waals surface area contributed by atoms with Crippen LogP contribution in [0.15, 0.2) is 53.4 Å². The van der Waals surface area contributed by atoms with Crippen LogP contribution in [0.4, 0.5) is 4.79 Å². The standard InChI is InChI=1S/C23H23NO7S/c1-3-29-21(25)15-31-17-10-8-16(9-11-17)14-20-22(26)24(23(27)32-20)12-13-30-19-7-5-4-6-18(19)28-2/h4-11,14H,3,12-13,15H2,1-2H3/b20-14-. The molecule has 0 aromatic heterocycles. The third-order valence-electron chi connectivity index (χ3n) is 4.35. The molecule has 9 heteroatoms. The van der Waals surface area contributed by atoms with Crippen molar-refractivity contribution in [3.05, 3.63) is 59.0 Å². The first-order chi connectivity index (χ1) is 15.5. The molecule has 0 radical (unpaired) electrons. The average molecular weight is 458 g/mol. The van der Waals surface area contributed by atoms with Gasteiger partial charge in [0.1, 0.15) is 12.4 Å². The number of carbonyl (C=O) groups is 3. The molecule has 1 aliphatic heterocycles. The molecule has 0 atom stereocenters. The number of rotatable bonds is 10. The Bertz CT molecular complexity index is 1000. The maximum absolute atomic E-state index is 12.7. The van der Waals surface area contributed by atoms with Gasteiger partial charge in [0, 0.05) is 0 Å². The van der Waals surface area contributed by atoms with Crippen molar-refractivity contribution in [3.8, 4) is 17.2 Å². The Morgan fingerprint density at radius 3 is 2.44 bits per heavy atom. The van der Waals surface area contributed by atoms with Crippen LogP contribution in [0.2, 0.25) is 0 Å². The number of nitrogens with zero attached hydrogens (tertiary/aromatic N) is 1. The van der Waals surface area contributed by atoms with E-state index in [-0.39, 0.29) is 30.9 Å². The number of imide groups is 1. The van der Waals surface area contributed by atoms with Gasteiger partial charge in [-0.2, -0.15) is 0 Å². The number of hydrogen-bond acceptors (Lipinski definition) is 8. The lowest BCUT2D eigenvalue weighted by Gasteiger charge is -2.14. The fourth-order valence-corrected chi connectivity index (χ4v) is 3.70. The highest BCUT2D eigenvalue weighted by Gasteiger charge is 2.34. The normalized spacial score (nSPS) is 14.6. The van der Waals surface area contributed by atoms with E-state index in [0.29, 0.717) is 28.8 Å². The number of para-hydroxylation sites is 2. The first kappa shape index (κ1) is 23.2. The van der Waals surface area contributed by atoms with Crippen LogP contribution in [0, 0.1) is 0 Å². The van der Waals surface area contributed by atoms with E-state index in [1.165, 1.54) is 0 Å². The van der Waals surface area contributed by atoms with Crippen LogP contribution in [-0.2, 0) is 14.3 Å². The molecule has 168 valence electrons. The van der Waals surface area contributed by atoms with Crippen molar-refractivity contribution in [1.82, 2.24) is 4.90 Å². The van der Waals surface area contributed by atoms with Crippen LogP contribution in [0.25, 0.3) is 6.08 Å². The van der Waals surface area contributed by atoms with Gasteiger partial charge in [0.2, 0.25) is 0 Å². The van der Waals surface area contributed by atoms with E-state index in [4.69, 9.17) is 18.9 Å². The number of methoxy groups -OCH3 is 1. The minimum Gasteiger partial charge on any atom is -0.493 e. The summed E-state index contributed by atoms with van der Waals surface area (Å²) in [6.07, 6.45) is 1.64. The van der Waals surface area contributed by atoms with Gasteiger partial charge in [-0.1, -0.05) is 24.3 Å². The first-order valence-electron chi connectivity index (χ1n) is 9.91. The molecule has 0 unspecified atom stereocenters. The first-order valence-corrected chi connectivity index (χ1v) is 10.7. The van der Waals surface area contributed by atoms with E-state index in [1.807, 2.05) is 12.1 Å². The Morgan fingerprint density at radius 1 is 1.03 bits per heavy atom. The van der Waals surface area contributed by atoms with Gasteiger partial charge in [-0.25, -0.2) is 4.79 Å². The van der Waals surface area contributed by atoms with Crippen molar-refractivity contribution >= 4 is 35.0 Å². The highest BCUT2D eigenvalue weighted by atomic mass is 32.2. The summed E-state index contributed by atoms with van der Waals surface area (Å²) in [4.78, 5) is 37.8. The average Bonchev–Trinajstić information content (AvgIpc) is 3.06. The minimum absolute atomic E-state index is 0.126. The Morgan fingerprint density at radius 2 is 1.75 bits per heavy atom. The zero-order valence-electron chi connectivity index (χ0n) is 17.7. The highest BCUT2D eigenvalue weighted by molar-refractivity contribution is 8.18. The molecule has 0 saturated carbocycles. The molecule has 2 amide bonds. The molecule has 0 spiro atoms. The van der Waals surface area contributed by atoms with Gasteiger partial charge < -0.3 is 18.9 Å². The molecule has 32 heavy (non-hydrogen) atoms. The van der Waals surface area contributed by atoms with Gasteiger partial charge in [0.05, 0.1) is 25.2 Å². The fourth-order valence-electron chi connectivity index (χ4n) is 2.83. The lowest BCUT2D eigenvalue weighted by atomic mass is 10.2. The van der Waals surface area contributed by atoms with E-state index in [1.54, 1.807) is 56.5 Å². The van der Waals surface area contributed by atoms with Gasteiger partial charge in [0.25, 0.3) is 11.1 Å². The molecule has 8 nitrogen and oxygen atoms in total. The molecular formula is C23H23NO7S. The Balaban J connectivity index is 1.56. The Kier molecular flexibility index (Phi) is 8.15. The van der Waals surface area contributed by atoms with Crippen LogP contribution in [0.3, 0.4) is 0 Å². The number of hydrogen-bond donors (Lipinski definition) is 0. The quantitative estimate of drug-likeness (QED) is 0.394.